The van der Waals surface area contributed by atoms with Crippen LogP contribution < -0.4 is 19.3 Å². The molecule has 2 aliphatic heterocycles. The van der Waals surface area contributed by atoms with E-state index in [0.717, 1.165) is 35.1 Å². The van der Waals surface area contributed by atoms with E-state index in [1.807, 2.05) is 0 Å². The summed E-state index contributed by atoms with van der Waals surface area (Å²) < 4.78 is 12.8. The Hall–Kier alpha value is -7.04. The van der Waals surface area contributed by atoms with Crippen LogP contribution in [0, 0.1) is 5.92 Å². The maximum atomic E-state index is 6.44. The smallest absolute Gasteiger partial charge is 0.151 e. The molecule has 2 bridgehead atoms. The molecule has 0 amide bonds. The quantitative estimate of drug-likeness (QED) is 0.166. The number of para-hydroxylation sites is 4. The number of rotatable bonds is 4. The van der Waals surface area contributed by atoms with Gasteiger partial charge in [0, 0.05) is 16.8 Å². The van der Waals surface area contributed by atoms with Gasteiger partial charge in [-0.15, -0.1) is 0 Å². The third-order valence-corrected chi connectivity index (χ3v) is 14.6. The van der Waals surface area contributed by atoms with Crippen molar-refractivity contribution in [2.75, 3.05) is 9.80 Å². The maximum absolute atomic E-state index is 6.44. The van der Waals surface area contributed by atoms with Crippen LogP contribution in [0.5, 0.6) is 11.5 Å². The van der Waals surface area contributed by atoms with Crippen LogP contribution in [-0.4, -0.2) is 18.2 Å². The summed E-state index contributed by atoms with van der Waals surface area (Å²) in [7, 11) is 0. The molecule has 0 saturated heterocycles. The molecular formula is C58H46N2O2. The summed E-state index contributed by atoms with van der Waals surface area (Å²) >= 11 is 0. The molecule has 5 aliphatic carbocycles. The van der Waals surface area contributed by atoms with Crippen LogP contribution in [0.25, 0.3) is 33.2 Å². The van der Waals surface area contributed by atoms with E-state index in [9.17, 15) is 0 Å². The largest absolute Gasteiger partial charge is 0.482 e. The van der Waals surface area contributed by atoms with Crippen molar-refractivity contribution in [1.29, 1.82) is 0 Å². The molecule has 4 nitrogen and oxygen atoms in total. The van der Waals surface area contributed by atoms with E-state index >= 15 is 0 Å². The number of nitrogens with zero attached hydrogens (tertiary/aromatic N) is 2. The van der Waals surface area contributed by atoms with Crippen LogP contribution in [0.15, 0.2) is 200 Å². The summed E-state index contributed by atoms with van der Waals surface area (Å²) in [5, 5.41) is 5.05. The first-order valence-corrected chi connectivity index (χ1v) is 22.4. The highest BCUT2D eigenvalue weighted by Gasteiger charge is 2.51. The zero-order valence-electron chi connectivity index (χ0n) is 34.5. The molecule has 4 atom stereocenters. The Morgan fingerprint density at radius 3 is 2.26 bits per heavy atom. The van der Waals surface area contributed by atoms with Crippen LogP contribution >= 0.6 is 0 Å². The van der Waals surface area contributed by atoms with Crippen LogP contribution in [0.3, 0.4) is 0 Å². The number of ether oxygens (including phenoxy) is 2. The zero-order chi connectivity index (χ0) is 40.8. The molecule has 0 aromatic heterocycles. The topological polar surface area (TPSA) is 24.9 Å². The number of hydrogen-bond acceptors (Lipinski definition) is 4. The predicted octanol–water partition coefficient (Wildman–Crippen LogP) is 14.2. The fourth-order valence-corrected chi connectivity index (χ4v) is 11.8. The monoisotopic (exact) mass is 802 g/mol. The Kier molecular flexibility index (Phi) is 8.06. The number of allylic oxidation sites excluding steroid dienone is 10. The summed E-state index contributed by atoms with van der Waals surface area (Å²) in [5.41, 5.74) is 11.9. The van der Waals surface area contributed by atoms with Crippen LogP contribution in [0.4, 0.5) is 22.7 Å². The molecule has 1 fully saturated rings. The van der Waals surface area contributed by atoms with Crippen molar-refractivity contribution in [3.63, 3.8) is 0 Å². The van der Waals surface area contributed by atoms with E-state index < -0.39 is 0 Å². The number of hydrogen-bond donors (Lipinski definition) is 0. The Balaban J connectivity index is 0.793. The summed E-state index contributed by atoms with van der Waals surface area (Å²) in [5.74, 6) is 3.20. The average Bonchev–Trinajstić information content (AvgIpc) is 3.78. The van der Waals surface area contributed by atoms with Gasteiger partial charge in [-0.2, -0.15) is 0 Å². The first kappa shape index (κ1) is 35.7. The fourth-order valence-electron chi connectivity index (χ4n) is 11.8. The molecule has 0 radical (unpaired) electrons. The summed E-state index contributed by atoms with van der Waals surface area (Å²) in [4.78, 5) is 4.90. The minimum atomic E-state index is -0.0220. The number of benzene rings is 6. The molecule has 7 aliphatic rings. The lowest BCUT2D eigenvalue weighted by molar-refractivity contribution is 0.218. The predicted molar refractivity (Wildman–Crippen MR) is 256 cm³/mol. The van der Waals surface area contributed by atoms with Gasteiger partial charge in [0.25, 0.3) is 0 Å². The molecular weight excluding hydrogens is 757 g/mol. The van der Waals surface area contributed by atoms with Gasteiger partial charge in [0.2, 0.25) is 0 Å². The fraction of sp³-hybridized carbons (Fsp3) is 0.172. The summed E-state index contributed by atoms with van der Waals surface area (Å²) in [6, 6.07) is 42.8. The molecule has 6 aromatic rings. The van der Waals surface area contributed by atoms with Gasteiger partial charge >= 0.3 is 0 Å². The van der Waals surface area contributed by atoms with Crippen molar-refractivity contribution in [3.8, 4) is 11.5 Å². The molecule has 13 rings (SSSR count). The van der Waals surface area contributed by atoms with E-state index in [1.54, 1.807) is 5.56 Å². The second-order valence-electron chi connectivity index (χ2n) is 17.9. The molecule has 1 spiro atoms. The lowest BCUT2D eigenvalue weighted by Gasteiger charge is -2.42. The zero-order valence-corrected chi connectivity index (χ0v) is 34.5. The van der Waals surface area contributed by atoms with E-state index in [1.165, 1.54) is 80.9 Å². The normalized spacial score (nSPS) is 23.5. The second-order valence-corrected chi connectivity index (χ2v) is 17.9. The Morgan fingerprint density at radius 1 is 0.629 bits per heavy atom. The third-order valence-electron chi connectivity index (χ3n) is 14.6. The van der Waals surface area contributed by atoms with Crippen molar-refractivity contribution >= 4 is 55.9 Å². The van der Waals surface area contributed by atoms with E-state index in [4.69, 9.17) is 9.47 Å². The number of anilines is 4. The SMILES string of the molecule is C1=CC2=CC(C=C1)N(c1ccc3c(c1)C1(CCCC1)C1CC(C=Cc4ccc5c(ccc6cc(N7c8ccccc8OC8C=CC=CC87)ccc65)c4)=CC=C31)c1ccccc1O2. The molecule has 6 aromatic carbocycles. The Morgan fingerprint density at radius 2 is 1.37 bits per heavy atom. The van der Waals surface area contributed by atoms with Crippen molar-refractivity contribution in [2.24, 2.45) is 5.92 Å². The molecule has 4 heteroatoms. The van der Waals surface area contributed by atoms with Crippen molar-refractivity contribution in [1.82, 2.24) is 0 Å². The highest BCUT2D eigenvalue weighted by Crippen LogP contribution is 2.61. The molecule has 2 heterocycles. The first-order valence-electron chi connectivity index (χ1n) is 22.4. The lowest BCUT2D eigenvalue weighted by Crippen LogP contribution is -2.46. The lowest BCUT2D eigenvalue weighted by atomic mass is 9.69. The molecule has 4 unspecified atom stereocenters. The summed E-state index contributed by atoms with van der Waals surface area (Å²) in [6.07, 6.45) is 35.1. The minimum Gasteiger partial charge on any atom is -0.482 e. The Bertz CT molecular complexity index is 3110. The average molecular weight is 803 g/mol. The van der Waals surface area contributed by atoms with Crippen molar-refractivity contribution in [2.45, 2.75) is 55.7 Å². The first-order chi connectivity index (χ1) is 30.7. The van der Waals surface area contributed by atoms with E-state index in [0.29, 0.717) is 5.92 Å². The van der Waals surface area contributed by atoms with Gasteiger partial charge in [-0.05, 0) is 147 Å². The van der Waals surface area contributed by atoms with Gasteiger partial charge in [0.1, 0.15) is 17.6 Å². The standard InChI is InChI=1S/C58H46N2O2/c1-2-12-45-36-42(11-1)59(52-13-3-6-16-55(52)61-45)44-26-30-49-48-28-22-39(34-50(48)58(51(49)37-44)31-9-10-32-58)20-19-38-21-27-46-40(33-38)23-24-41-35-43(25-29-47(41)46)60-53-14-4-7-17-56(53)62-57-18-8-5-15-54(57)60/h1-8,11-30,33,35-37,42,50,53,56H,9-10,31-32,34H2. The van der Waals surface area contributed by atoms with Crippen molar-refractivity contribution in [3.05, 3.63) is 216 Å². The maximum Gasteiger partial charge on any atom is 0.151 e. The van der Waals surface area contributed by atoms with E-state index in [-0.39, 0.29) is 23.6 Å². The molecule has 0 N–H and O–H groups in total. The van der Waals surface area contributed by atoms with Crippen LogP contribution in [-0.2, 0) is 5.41 Å². The van der Waals surface area contributed by atoms with Crippen LogP contribution in [0.2, 0.25) is 0 Å². The van der Waals surface area contributed by atoms with Crippen LogP contribution in [0.1, 0.15) is 48.8 Å². The van der Waals surface area contributed by atoms with Gasteiger partial charge in [0.15, 0.2) is 5.75 Å². The third kappa shape index (κ3) is 5.59. The van der Waals surface area contributed by atoms with Gasteiger partial charge in [-0.3, -0.25) is 0 Å². The molecule has 1 saturated carbocycles. The van der Waals surface area contributed by atoms with Crippen molar-refractivity contribution < 1.29 is 9.47 Å². The molecule has 300 valence electrons. The molecule has 62 heavy (non-hydrogen) atoms. The summed E-state index contributed by atoms with van der Waals surface area (Å²) in [6.45, 7) is 0. The second kappa shape index (κ2) is 14.0. The van der Waals surface area contributed by atoms with Gasteiger partial charge in [-0.1, -0.05) is 134 Å². The Labute approximate surface area is 363 Å². The highest BCUT2D eigenvalue weighted by molar-refractivity contribution is 6.09. The van der Waals surface area contributed by atoms with Gasteiger partial charge in [-0.25, -0.2) is 0 Å². The highest BCUT2D eigenvalue weighted by atomic mass is 16.5. The van der Waals surface area contributed by atoms with E-state index in [2.05, 4.69) is 204 Å². The minimum absolute atomic E-state index is 0.0220. The van der Waals surface area contributed by atoms with Gasteiger partial charge in [0.05, 0.1) is 23.5 Å². The number of fused-ring (bicyclic) bond motifs is 12. The van der Waals surface area contributed by atoms with Gasteiger partial charge < -0.3 is 19.3 Å².